The number of aliphatic imine (C=N–C) groups is 1. The minimum atomic E-state index is 0.159. The molecule has 1 unspecified atom stereocenters. The highest BCUT2D eigenvalue weighted by molar-refractivity contribution is 5.80. The normalized spacial score (nSPS) is 16.9. The van der Waals surface area contributed by atoms with Gasteiger partial charge < -0.3 is 15.1 Å². The van der Waals surface area contributed by atoms with Gasteiger partial charge >= 0.3 is 0 Å². The maximum absolute atomic E-state index is 11.5. The molecular formula is C19H30N4O. The minimum absolute atomic E-state index is 0.159. The number of rotatable bonds is 5. The van der Waals surface area contributed by atoms with E-state index in [1.165, 1.54) is 5.56 Å². The van der Waals surface area contributed by atoms with Crippen LogP contribution in [-0.4, -0.2) is 60.9 Å². The summed E-state index contributed by atoms with van der Waals surface area (Å²) in [7, 11) is 0. The molecule has 1 amide bonds. The summed E-state index contributed by atoms with van der Waals surface area (Å²) in [6.07, 6.45) is 1.07. The number of hydrogen-bond acceptors (Lipinski definition) is 2. The SMILES string of the molecule is CCNC(=NCC(CC)c1ccccc1)N1CCN(C(C)=O)CC1. The zero-order valence-electron chi connectivity index (χ0n) is 15.2. The number of benzene rings is 1. The highest BCUT2D eigenvalue weighted by Gasteiger charge is 2.21. The number of hydrogen-bond donors (Lipinski definition) is 1. The van der Waals surface area contributed by atoms with Crippen LogP contribution >= 0.6 is 0 Å². The summed E-state index contributed by atoms with van der Waals surface area (Å²) >= 11 is 0. The molecule has 1 saturated heterocycles. The van der Waals surface area contributed by atoms with E-state index in [2.05, 4.69) is 54.4 Å². The maximum Gasteiger partial charge on any atom is 0.219 e. The van der Waals surface area contributed by atoms with Gasteiger partial charge in [-0.3, -0.25) is 9.79 Å². The molecule has 1 aliphatic heterocycles. The molecule has 24 heavy (non-hydrogen) atoms. The minimum Gasteiger partial charge on any atom is -0.357 e. The van der Waals surface area contributed by atoms with E-state index in [1.807, 2.05) is 4.90 Å². The number of carbonyl (C=O) groups is 1. The molecule has 2 rings (SSSR count). The number of nitrogens with one attached hydrogen (secondary N) is 1. The first-order chi connectivity index (χ1) is 11.7. The van der Waals surface area contributed by atoms with Gasteiger partial charge in [-0.15, -0.1) is 0 Å². The van der Waals surface area contributed by atoms with Crippen molar-refractivity contribution in [2.75, 3.05) is 39.3 Å². The van der Waals surface area contributed by atoms with Crippen molar-refractivity contribution in [3.63, 3.8) is 0 Å². The predicted molar refractivity (Wildman–Crippen MR) is 99.3 cm³/mol. The van der Waals surface area contributed by atoms with E-state index in [0.29, 0.717) is 5.92 Å². The average Bonchev–Trinajstić information content (AvgIpc) is 2.62. The molecule has 1 aromatic carbocycles. The van der Waals surface area contributed by atoms with Crippen molar-refractivity contribution in [3.8, 4) is 0 Å². The van der Waals surface area contributed by atoms with Crippen LogP contribution in [0, 0.1) is 0 Å². The molecular weight excluding hydrogens is 300 g/mol. The summed E-state index contributed by atoms with van der Waals surface area (Å²) < 4.78 is 0. The van der Waals surface area contributed by atoms with Gasteiger partial charge in [0.05, 0.1) is 0 Å². The second-order valence-corrected chi connectivity index (χ2v) is 6.20. The molecule has 1 atom stereocenters. The summed E-state index contributed by atoms with van der Waals surface area (Å²) in [4.78, 5) is 20.5. The Labute approximate surface area is 145 Å². The van der Waals surface area contributed by atoms with Crippen molar-refractivity contribution in [3.05, 3.63) is 35.9 Å². The van der Waals surface area contributed by atoms with Crippen LogP contribution in [0.2, 0.25) is 0 Å². The number of piperazine rings is 1. The Balaban J connectivity index is 2.01. The monoisotopic (exact) mass is 330 g/mol. The van der Waals surface area contributed by atoms with Gasteiger partial charge in [0.15, 0.2) is 5.96 Å². The van der Waals surface area contributed by atoms with E-state index < -0.39 is 0 Å². The lowest BCUT2D eigenvalue weighted by Gasteiger charge is -2.36. The van der Waals surface area contributed by atoms with E-state index in [1.54, 1.807) is 6.92 Å². The van der Waals surface area contributed by atoms with Gasteiger partial charge in [0.2, 0.25) is 5.91 Å². The highest BCUT2D eigenvalue weighted by atomic mass is 16.2. The molecule has 0 radical (unpaired) electrons. The summed E-state index contributed by atoms with van der Waals surface area (Å²) in [6.45, 7) is 10.8. The lowest BCUT2D eigenvalue weighted by molar-refractivity contribution is -0.130. The maximum atomic E-state index is 11.5. The van der Waals surface area contributed by atoms with E-state index in [-0.39, 0.29) is 5.91 Å². The summed E-state index contributed by atoms with van der Waals surface area (Å²) in [5.74, 6) is 1.57. The summed E-state index contributed by atoms with van der Waals surface area (Å²) in [5.41, 5.74) is 1.35. The Morgan fingerprint density at radius 3 is 2.29 bits per heavy atom. The highest BCUT2D eigenvalue weighted by Crippen LogP contribution is 2.19. The molecule has 1 aromatic rings. The summed E-state index contributed by atoms with van der Waals surface area (Å²) in [5, 5.41) is 3.40. The van der Waals surface area contributed by atoms with Crippen LogP contribution in [0.5, 0.6) is 0 Å². The van der Waals surface area contributed by atoms with E-state index >= 15 is 0 Å². The summed E-state index contributed by atoms with van der Waals surface area (Å²) in [6, 6.07) is 10.6. The molecule has 1 N–H and O–H groups in total. The molecule has 1 aliphatic rings. The third-order valence-electron chi connectivity index (χ3n) is 4.58. The van der Waals surface area contributed by atoms with Crippen molar-refractivity contribution >= 4 is 11.9 Å². The van der Waals surface area contributed by atoms with Gasteiger partial charge in [0.1, 0.15) is 0 Å². The van der Waals surface area contributed by atoms with Crippen LogP contribution in [-0.2, 0) is 4.79 Å². The molecule has 5 nitrogen and oxygen atoms in total. The lowest BCUT2D eigenvalue weighted by Crippen LogP contribution is -2.53. The smallest absolute Gasteiger partial charge is 0.219 e. The average molecular weight is 330 g/mol. The predicted octanol–water partition coefficient (Wildman–Crippen LogP) is 2.31. The van der Waals surface area contributed by atoms with Crippen LogP contribution < -0.4 is 5.32 Å². The number of guanidine groups is 1. The third-order valence-corrected chi connectivity index (χ3v) is 4.58. The van der Waals surface area contributed by atoms with Gasteiger partial charge in [-0.25, -0.2) is 0 Å². The van der Waals surface area contributed by atoms with E-state index in [4.69, 9.17) is 4.99 Å². The van der Waals surface area contributed by atoms with Gasteiger partial charge in [-0.2, -0.15) is 0 Å². The van der Waals surface area contributed by atoms with Gasteiger partial charge in [0.25, 0.3) is 0 Å². The topological polar surface area (TPSA) is 47.9 Å². The largest absolute Gasteiger partial charge is 0.357 e. The van der Waals surface area contributed by atoms with Crippen molar-refractivity contribution < 1.29 is 4.79 Å². The Morgan fingerprint density at radius 1 is 1.12 bits per heavy atom. The fraction of sp³-hybridized carbons (Fsp3) is 0.579. The molecule has 5 heteroatoms. The second-order valence-electron chi connectivity index (χ2n) is 6.20. The third kappa shape index (κ3) is 4.98. The van der Waals surface area contributed by atoms with E-state index in [9.17, 15) is 4.79 Å². The Kier molecular flexibility index (Phi) is 7.09. The Bertz CT molecular complexity index is 536. The van der Waals surface area contributed by atoms with Gasteiger partial charge in [-0.1, -0.05) is 37.3 Å². The fourth-order valence-corrected chi connectivity index (χ4v) is 3.05. The molecule has 0 aliphatic carbocycles. The molecule has 0 aromatic heterocycles. The quantitative estimate of drug-likeness (QED) is 0.666. The first-order valence-electron chi connectivity index (χ1n) is 8.99. The Morgan fingerprint density at radius 2 is 1.75 bits per heavy atom. The fourth-order valence-electron chi connectivity index (χ4n) is 3.05. The zero-order valence-corrected chi connectivity index (χ0v) is 15.2. The number of carbonyl (C=O) groups excluding carboxylic acids is 1. The standard InChI is InChI=1S/C19H30N4O/c1-4-17(18-9-7-6-8-10-18)15-21-19(20-5-2)23-13-11-22(12-14-23)16(3)24/h6-10,17H,4-5,11-15H2,1-3H3,(H,20,21). The van der Waals surface area contributed by atoms with Crippen molar-refractivity contribution in [1.29, 1.82) is 0 Å². The molecule has 1 fully saturated rings. The van der Waals surface area contributed by atoms with Crippen LogP contribution in [0.3, 0.4) is 0 Å². The molecule has 0 bridgehead atoms. The zero-order chi connectivity index (χ0) is 17.4. The van der Waals surface area contributed by atoms with Gasteiger partial charge in [-0.05, 0) is 18.9 Å². The van der Waals surface area contributed by atoms with Crippen LogP contribution in [0.25, 0.3) is 0 Å². The van der Waals surface area contributed by atoms with Crippen molar-refractivity contribution in [1.82, 2.24) is 15.1 Å². The molecule has 0 saturated carbocycles. The van der Waals surface area contributed by atoms with Crippen LogP contribution in [0.4, 0.5) is 0 Å². The first-order valence-corrected chi connectivity index (χ1v) is 8.99. The van der Waals surface area contributed by atoms with E-state index in [0.717, 1.165) is 51.6 Å². The van der Waals surface area contributed by atoms with Crippen LogP contribution in [0.15, 0.2) is 35.3 Å². The van der Waals surface area contributed by atoms with Crippen LogP contribution in [0.1, 0.15) is 38.7 Å². The van der Waals surface area contributed by atoms with Crippen molar-refractivity contribution in [2.45, 2.75) is 33.1 Å². The lowest BCUT2D eigenvalue weighted by atomic mass is 9.97. The number of amides is 1. The van der Waals surface area contributed by atoms with Gasteiger partial charge in [0, 0.05) is 52.1 Å². The first kappa shape index (κ1) is 18.3. The Hall–Kier alpha value is -2.04. The molecule has 1 heterocycles. The molecule has 0 spiro atoms. The van der Waals surface area contributed by atoms with Crippen molar-refractivity contribution in [2.24, 2.45) is 4.99 Å². The molecule has 132 valence electrons. The second kappa shape index (κ2) is 9.30. The number of nitrogens with zero attached hydrogens (tertiary/aromatic N) is 3.